The number of benzene rings is 7. The molecule has 0 bridgehead atoms. The van der Waals surface area contributed by atoms with E-state index in [1.165, 1.54) is 108 Å². The van der Waals surface area contributed by atoms with Crippen molar-refractivity contribution in [3.63, 3.8) is 0 Å². The summed E-state index contributed by atoms with van der Waals surface area (Å²) in [4.78, 5) is 0. The van der Waals surface area contributed by atoms with Crippen molar-refractivity contribution < 1.29 is 0 Å². The molecule has 0 aliphatic carbocycles. The van der Waals surface area contributed by atoms with E-state index in [-0.39, 0.29) is 15.0 Å². The van der Waals surface area contributed by atoms with Gasteiger partial charge in [0.2, 0.25) is 0 Å². The molecule has 0 N–H and O–H groups in total. The zero-order valence-corrected chi connectivity index (χ0v) is 31.8. The number of rotatable bonds is 3. The van der Waals surface area contributed by atoms with Gasteiger partial charge in [0, 0.05) is 0 Å². The summed E-state index contributed by atoms with van der Waals surface area (Å²) in [6.45, 7) is 8.93. The van der Waals surface area contributed by atoms with Crippen molar-refractivity contribution >= 4 is 88.0 Å². The Morgan fingerprint density at radius 1 is 0.480 bits per heavy atom. The third-order valence-corrected chi connectivity index (χ3v) is 13.9. The molecule has 0 fully saturated rings. The summed E-state index contributed by atoms with van der Waals surface area (Å²) >= 11 is 3.49. The number of aryl methyl sites for hydroxylation is 4. The van der Waals surface area contributed by atoms with Crippen LogP contribution in [0.3, 0.4) is 0 Å². The van der Waals surface area contributed by atoms with Gasteiger partial charge in [-0.25, -0.2) is 0 Å². The molecular formula is C46H33N2Se2. The van der Waals surface area contributed by atoms with Crippen LogP contribution in [0.4, 0.5) is 0 Å². The average Bonchev–Trinajstić information content (AvgIpc) is 3.61. The third-order valence-electron chi connectivity index (χ3n) is 10.7. The standard InChI is InChI=1S/C46H33N2Se2/c1-26-11-9-12-27(2)42(26)30-19-21-35-32(23-30)33-25-39-44(46-45(33)48(35)38-16-6-8-18-41(38)50-46)34-24-31(43-28(3)13-10-14-29(43)4)20-22-36(34)47(39)37-15-5-7-17-40(37)49/h5-25H,1-4H3. The maximum atomic E-state index is 3.38. The molecule has 1 radical (unpaired) electrons. The van der Waals surface area contributed by atoms with Gasteiger partial charge in [-0.15, -0.1) is 0 Å². The van der Waals surface area contributed by atoms with Gasteiger partial charge < -0.3 is 0 Å². The number of fused-ring (bicyclic) bond motifs is 9. The van der Waals surface area contributed by atoms with Crippen LogP contribution in [0.2, 0.25) is 0 Å². The Labute approximate surface area is 306 Å². The van der Waals surface area contributed by atoms with Gasteiger partial charge >= 0.3 is 308 Å². The van der Waals surface area contributed by atoms with Crippen molar-refractivity contribution in [3.05, 3.63) is 150 Å². The van der Waals surface area contributed by atoms with Crippen molar-refractivity contribution in [3.8, 4) is 33.6 Å². The predicted octanol–water partition coefficient (Wildman–Crippen LogP) is 9.21. The van der Waals surface area contributed by atoms with Gasteiger partial charge in [0.25, 0.3) is 0 Å². The zero-order valence-electron chi connectivity index (χ0n) is 28.3. The summed E-state index contributed by atoms with van der Waals surface area (Å²) in [6.07, 6.45) is 0. The zero-order chi connectivity index (χ0) is 33.8. The van der Waals surface area contributed by atoms with E-state index >= 15 is 0 Å². The van der Waals surface area contributed by atoms with Crippen LogP contribution >= 0.6 is 0 Å². The van der Waals surface area contributed by atoms with Crippen molar-refractivity contribution in [2.45, 2.75) is 27.7 Å². The first-order chi connectivity index (χ1) is 24.4. The molecule has 50 heavy (non-hydrogen) atoms. The van der Waals surface area contributed by atoms with Gasteiger partial charge in [0.1, 0.15) is 0 Å². The minimum absolute atomic E-state index is 0.111. The molecule has 0 unspecified atom stereocenters. The molecule has 0 atom stereocenters. The van der Waals surface area contributed by atoms with Gasteiger partial charge in [0.05, 0.1) is 0 Å². The molecule has 3 heterocycles. The molecule has 2 nitrogen and oxygen atoms in total. The van der Waals surface area contributed by atoms with E-state index in [0.29, 0.717) is 0 Å². The minimum atomic E-state index is 0.111. The van der Waals surface area contributed by atoms with Crippen LogP contribution in [0.5, 0.6) is 0 Å². The van der Waals surface area contributed by atoms with Crippen LogP contribution in [0.15, 0.2) is 127 Å². The van der Waals surface area contributed by atoms with Crippen LogP contribution in [0.25, 0.3) is 77.2 Å². The van der Waals surface area contributed by atoms with Crippen molar-refractivity contribution in [2.75, 3.05) is 0 Å². The molecule has 239 valence electrons. The Morgan fingerprint density at radius 2 is 1.04 bits per heavy atom. The van der Waals surface area contributed by atoms with Crippen molar-refractivity contribution in [2.24, 2.45) is 0 Å². The molecule has 1 aliphatic heterocycles. The molecule has 10 rings (SSSR count). The van der Waals surface area contributed by atoms with E-state index < -0.39 is 0 Å². The van der Waals surface area contributed by atoms with Gasteiger partial charge in [0.15, 0.2) is 0 Å². The van der Waals surface area contributed by atoms with Crippen LogP contribution in [-0.4, -0.2) is 40.1 Å². The van der Waals surface area contributed by atoms with E-state index in [9.17, 15) is 0 Å². The van der Waals surface area contributed by atoms with Crippen molar-refractivity contribution in [1.82, 2.24) is 9.13 Å². The fraction of sp³-hybridized carbons (Fsp3) is 0.0870. The maximum absolute atomic E-state index is 3.38. The quantitative estimate of drug-likeness (QED) is 0.159. The summed E-state index contributed by atoms with van der Waals surface area (Å²) < 4.78 is 9.11. The number of aromatic nitrogens is 2. The molecule has 0 saturated carbocycles. The summed E-state index contributed by atoms with van der Waals surface area (Å²) in [7, 11) is 0. The monoisotopic (exact) mass is 773 g/mol. The predicted molar refractivity (Wildman–Crippen MR) is 215 cm³/mol. The molecule has 0 saturated heterocycles. The van der Waals surface area contributed by atoms with E-state index in [4.69, 9.17) is 0 Å². The van der Waals surface area contributed by atoms with Gasteiger partial charge in [-0.05, 0) is 0 Å². The van der Waals surface area contributed by atoms with Crippen LogP contribution in [0.1, 0.15) is 22.3 Å². The topological polar surface area (TPSA) is 9.86 Å². The second-order valence-corrected chi connectivity index (χ2v) is 16.8. The molecule has 7 aromatic carbocycles. The first kappa shape index (κ1) is 30.0. The Morgan fingerprint density at radius 3 is 1.68 bits per heavy atom. The Bertz CT molecular complexity index is 2860. The Balaban J connectivity index is 1.40. The number of nitrogens with zero attached hydrogens (tertiary/aromatic N) is 2. The average molecular weight is 772 g/mol. The number of hydrogen-bond donors (Lipinski definition) is 0. The molecule has 0 spiro atoms. The van der Waals surface area contributed by atoms with E-state index in [1.54, 1.807) is 0 Å². The second-order valence-electron chi connectivity index (χ2n) is 13.7. The Kier molecular flexibility index (Phi) is 6.66. The summed E-state index contributed by atoms with van der Waals surface area (Å²) in [5.74, 6) is 0. The van der Waals surface area contributed by atoms with Crippen LogP contribution in [0, 0.1) is 27.7 Å². The van der Waals surface area contributed by atoms with Gasteiger partial charge in [-0.3, -0.25) is 0 Å². The summed E-state index contributed by atoms with van der Waals surface area (Å²) in [5, 5.41) is 5.32. The van der Waals surface area contributed by atoms with Gasteiger partial charge in [-0.1, -0.05) is 0 Å². The fourth-order valence-corrected chi connectivity index (χ4v) is 11.7. The molecule has 9 aromatic rings. The van der Waals surface area contributed by atoms with Gasteiger partial charge in [-0.2, -0.15) is 0 Å². The first-order valence-corrected chi connectivity index (χ1v) is 19.7. The number of para-hydroxylation sites is 2. The van der Waals surface area contributed by atoms with Crippen LogP contribution in [-0.2, 0) is 0 Å². The first-order valence-electron chi connectivity index (χ1n) is 17.2. The summed E-state index contributed by atoms with van der Waals surface area (Å²) in [6, 6.07) is 47.8. The third kappa shape index (κ3) is 4.20. The molecule has 1 aliphatic rings. The van der Waals surface area contributed by atoms with E-state index in [1.807, 2.05) is 0 Å². The molecule has 0 amide bonds. The second kappa shape index (κ2) is 11.1. The molecule has 4 heteroatoms. The van der Waals surface area contributed by atoms with E-state index in [0.717, 1.165) is 4.46 Å². The van der Waals surface area contributed by atoms with Crippen molar-refractivity contribution in [1.29, 1.82) is 0 Å². The van der Waals surface area contributed by atoms with Crippen LogP contribution < -0.4 is 13.4 Å². The molecule has 2 aromatic heterocycles. The van der Waals surface area contributed by atoms with E-state index in [2.05, 4.69) is 180 Å². The SMILES string of the molecule is Cc1cccc(C)c1-c1ccc2c(c1)c1c3c4c(cc1n2-c1ccccc1[Se])c1cc(-c2c(C)cccc2C)ccc1n4-c1ccccc1[Se]3. The fourth-order valence-electron chi connectivity index (χ4n) is 8.57. The number of hydrogen-bond acceptors (Lipinski definition) is 0. The summed E-state index contributed by atoms with van der Waals surface area (Å²) in [5.41, 5.74) is 18.1. The normalized spacial score (nSPS) is 12.4. The molecular weight excluding hydrogens is 738 g/mol. The Hall–Kier alpha value is -4.82.